The molecule has 3 heterocycles. The van der Waals surface area contributed by atoms with Gasteiger partial charge in [0, 0.05) is 11.6 Å². The number of benzene rings is 2. The first-order valence-electron chi connectivity index (χ1n) is 9.79. The summed E-state index contributed by atoms with van der Waals surface area (Å²) in [6.07, 6.45) is 1.39. The van der Waals surface area contributed by atoms with Crippen LogP contribution in [0.1, 0.15) is 21.3 Å². The van der Waals surface area contributed by atoms with Gasteiger partial charge in [0.05, 0.1) is 15.8 Å². The Bertz CT molecular complexity index is 1460. The number of ketones is 1. The third-order valence-corrected chi connectivity index (χ3v) is 6.82. The molecule has 1 saturated heterocycles. The van der Waals surface area contributed by atoms with E-state index >= 15 is 0 Å². The number of carbonyl (C=O) groups excluding carboxylic acids is 4. The minimum atomic E-state index is -1.40. The summed E-state index contributed by atoms with van der Waals surface area (Å²) >= 11 is 2.14. The van der Waals surface area contributed by atoms with E-state index in [0.29, 0.717) is 10.4 Å². The van der Waals surface area contributed by atoms with Crippen LogP contribution in [0.25, 0.3) is 10.2 Å². The van der Waals surface area contributed by atoms with Gasteiger partial charge in [-0.15, -0.1) is 22.7 Å². The number of anilines is 1. The van der Waals surface area contributed by atoms with Gasteiger partial charge in [-0.25, -0.2) is 20.3 Å². The van der Waals surface area contributed by atoms with Crippen molar-refractivity contribution < 1.29 is 24.3 Å². The number of piperidine rings is 1. The van der Waals surface area contributed by atoms with Crippen molar-refractivity contribution in [3.8, 4) is 5.75 Å². The average Bonchev–Trinajstić information content (AvgIpc) is 3.51. The Kier molecular flexibility index (Phi) is 5.43. The van der Waals surface area contributed by atoms with E-state index in [2.05, 4.69) is 20.5 Å². The van der Waals surface area contributed by atoms with Crippen molar-refractivity contribution in [2.45, 2.75) is 5.92 Å². The summed E-state index contributed by atoms with van der Waals surface area (Å²) in [5.74, 6) is -5.38. The third-order valence-electron chi connectivity index (χ3n) is 4.97. The number of rotatable bonds is 4. The van der Waals surface area contributed by atoms with Crippen LogP contribution in [0.15, 0.2) is 65.2 Å². The van der Waals surface area contributed by atoms with Crippen LogP contribution in [-0.2, 0) is 14.4 Å². The predicted octanol–water partition coefficient (Wildman–Crippen LogP) is 2.47. The van der Waals surface area contributed by atoms with E-state index in [1.54, 1.807) is 41.8 Å². The number of phenols is 1. The van der Waals surface area contributed by atoms with E-state index in [9.17, 15) is 24.3 Å². The second-order valence-electron chi connectivity index (χ2n) is 7.03. The van der Waals surface area contributed by atoms with Gasteiger partial charge >= 0.3 is 5.91 Å². The quantitative estimate of drug-likeness (QED) is 0.254. The van der Waals surface area contributed by atoms with Crippen molar-refractivity contribution in [2.24, 2.45) is 5.10 Å². The second kappa shape index (κ2) is 8.57. The maximum atomic E-state index is 13.4. The smallest absolute Gasteiger partial charge is 0.304 e. The molecule has 0 aliphatic carbocycles. The van der Waals surface area contributed by atoms with E-state index in [-0.39, 0.29) is 27.2 Å². The van der Waals surface area contributed by atoms with Crippen molar-refractivity contribution in [1.29, 1.82) is 0 Å². The van der Waals surface area contributed by atoms with Crippen LogP contribution in [0.2, 0.25) is 0 Å². The number of hydrogen-bond acceptors (Lipinski definition) is 10. The SMILES string of the molecule is O=C(N/N=C1/C(=O)N(c2nccs2)C(=O)C(=O)[C@@H]1c1nc2ccccc2s1)c1ccccc1O. The lowest BCUT2D eigenvalue weighted by atomic mass is 9.92. The third kappa shape index (κ3) is 3.64. The lowest BCUT2D eigenvalue weighted by molar-refractivity contribution is -0.139. The number of Topliss-reactive ketones (excluding diaryl/α,β-unsaturated/α-hetero) is 1. The molecule has 10 nitrogen and oxygen atoms in total. The van der Waals surface area contributed by atoms with Crippen molar-refractivity contribution >= 4 is 67.2 Å². The topological polar surface area (TPSA) is 142 Å². The summed E-state index contributed by atoms with van der Waals surface area (Å²) in [4.78, 5) is 61.1. The first kappa shape index (κ1) is 21.6. The lowest BCUT2D eigenvalue weighted by Gasteiger charge is -2.27. The van der Waals surface area contributed by atoms with Gasteiger partial charge in [-0.3, -0.25) is 19.2 Å². The summed E-state index contributed by atoms with van der Waals surface area (Å²) in [5, 5.41) is 15.6. The molecule has 0 bridgehead atoms. The van der Waals surface area contributed by atoms with Crippen LogP contribution in [0.4, 0.5) is 5.13 Å². The van der Waals surface area contributed by atoms with Gasteiger partial charge in [0.2, 0.25) is 5.78 Å². The number of thiazole rings is 2. The van der Waals surface area contributed by atoms with Gasteiger partial charge < -0.3 is 5.11 Å². The van der Waals surface area contributed by atoms with Gasteiger partial charge in [0.1, 0.15) is 22.4 Å². The van der Waals surface area contributed by atoms with E-state index < -0.39 is 29.4 Å². The number of aromatic nitrogens is 2. The zero-order valence-electron chi connectivity index (χ0n) is 17.0. The fraction of sp³-hybridized carbons (Fsp3) is 0.0455. The monoisotopic (exact) mass is 491 g/mol. The summed E-state index contributed by atoms with van der Waals surface area (Å²) in [7, 11) is 0. The summed E-state index contributed by atoms with van der Waals surface area (Å²) in [5.41, 5.74) is 2.34. The molecule has 1 atom stereocenters. The minimum Gasteiger partial charge on any atom is -0.507 e. The number of imide groups is 1. The first-order chi connectivity index (χ1) is 16.5. The van der Waals surface area contributed by atoms with Crippen molar-refractivity contribution in [3.63, 3.8) is 0 Å². The van der Waals surface area contributed by atoms with Crippen LogP contribution in [0.5, 0.6) is 5.75 Å². The Morgan fingerprint density at radius 2 is 1.82 bits per heavy atom. The number of aromatic hydroxyl groups is 1. The molecule has 0 saturated carbocycles. The van der Waals surface area contributed by atoms with Crippen molar-refractivity contribution in [1.82, 2.24) is 15.4 Å². The molecular weight excluding hydrogens is 478 g/mol. The molecule has 2 aromatic carbocycles. The minimum absolute atomic E-state index is 0.00540. The summed E-state index contributed by atoms with van der Waals surface area (Å²) in [6.45, 7) is 0. The van der Waals surface area contributed by atoms with Crippen molar-refractivity contribution in [3.05, 3.63) is 70.7 Å². The zero-order chi connectivity index (χ0) is 23.8. The van der Waals surface area contributed by atoms with E-state index in [1.165, 1.54) is 18.3 Å². The normalized spacial score (nSPS) is 17.5. The molecule has 34 heavy (non-hydrogen) atoms. The number of amides is 3. The Morgan fingerprint density at radius 1 is 1.06 bits per heavy atom. The number of nitrogens with zero attached hydrogens (tertiary/aromatic N) is 4. The Hall–Kier alpha value is -4.29. The highest BCUT2D eigenvalue weighted by Gasteiger charge is 2.49. The zero-order valence-corrected chi connectivity index (χ0v) is 18.7. The van der Waals surface area contributed by atoms with Crippen LogP contribution in [0, 0.1) is 0 Å². The number of carbonyl (C=O) groups is 4. The number of nitrogens with one attached hydrogen (secondary N) is 1. The average molecular weight is 492 g/mol. The summed E-state index contributed by atoms with van der Waals surface area (Å²) < 4.78 is 0.755. The highest BCUT2D eigenvalue weighted by molar-refractivity contribution is 7.19. The largest absolute Gasteiger partial charge is 0.507 e. The van der Waals surface area contributed by atoms with Gasteiger partial charge in [0.25, 0.3) is 11.8 Å². The second-order valence-corrected chi connectivity index (χ2v) is 8.97. The molecule has 0 spiro atoms. The maximum Gasteiger partial charge on any atom is 0.304 e. The standard InChI is InChI=1S/C22H13N5O5S2/c28-13-7-3-1-5-11(13)18(30)26-25-16-15(19-24-12-6-2-4-8-14(12)34-19)17(29)21(32)27(20(16)31)22-23-9-10-33-22/h1-10,15,28H,(H,26,30)/b25-16+/t15-/m1/s1. The number of fused-ring (bicyclic) bond motifs is 1. The molecule has 5 rings (SSSR count). The first-order valence-corrected chi connectivity index (χ1v) is 11.5. The molecule has 3 amide bonds. The maximum absolute atomic E-state index is 13.4. The Balaban J connectivity index is 1.59. The number of phenolic OH excluding ortho intramolecular Hbond substituents is 1. The van der Waals surface area contributed by atoms with E-state index in [4.69, 9.17) is 0 Å². The summed E-state index contributed by atoms with van der Waals surface area (Å²) in [6, 6.07) is 12.9. The molecule has 168 valence electrons. The molecule has 1 aliphatic heterocycles. The van der Waals surface area contributed by atoms with Gasteiger partial charge in [-0.2, -0.15) is 5.10 Å². The fourth-order valence-corrected chi connectivity index (χ4v) is 5.09. The predicted molar refractivity (Wildman–Crippen MR) is 125 cm³/mol. The van der Waals surface area contributed by atoms with Crippen LogP contribution < -0.4 is 10.3 Å². The molecule has 2 aromatic heterocycles. The van der Waals surface area contributed by atoms with Gasteiger partial charge in [-0.05, 0) is 24.3 Å². The van der Waals surface area contributed by atoms with Crippen LogP contribution in [0.3, 0.4) is 0 Å². The van der Waals surface area contributed by atoms with Crippen LogP contribution >= 0.6 is 22.7 Å². The highest BCUT2D eigenvalue weighted by Crippen LogP contribution is 2.34. The molecule has 1 fully saturated rings. The molecule has 1 aliphatic rings. The molecule has 0 radical (unpaired) electrons. The molecule has 0 unspecified atom stereocenters. The van der Waals surface area contributed by atoms with E-state index in [0.717, 1.165) is 27.4 Å². The lowest BCUT2D eigenvalue weighted by Crippen LogP contribution is -2.55. The van der Waals surface area contributed by atoms with Gasteiger partial charge in [0.15, 0.2) is 5.13 Å². The molecule has 12 heteroatoms. The number of hydrogen-bond donors (Lipinski definition) is 2. The Labute approximate surface area is 199 Å². The van der Waals surface area contributed by atoms with Crippen molar-refractivity contribution in [2.75, 3.05) is 4.90 Å². The van der Waals surface area contributed by atoms with Gasteiger partial charge in [-0.1, -0.05) is 24.3 Å². The molecular formula is C22H13N5O5S2. The number of para-hydroxylation sites is 2. The fourth-order valence-electron chi connectivity index (χ4n) is 3.38. The Morgan fingerprint density at radius 3 is 2.56 bits per heavy atom. The molecule has 4 aromatic rings. The van der Waals surface area contributed by atoms with Crippen LogP contribution in [-0.4, -0.2) is 44.3 Å². The highest BCUT2D eigenvalue weighted by atomic mass is 32.1. The van der Waals surface area contributed by atoms with E-state index in [1.807, 2.05) is 0 Å². The number of hydrazone groups is 1. The molecule has 2 N–H and O–H groups in total.